The average molecular weight is 210 g/mol. The molecule has 3 N–H and O–H groups in total. The van der Waals surface area contributed by atoms with Crippen LogP contribution in [-0.4, -0.2) is 43.2 Å². The van der Waals surface area contributed by atoms with Gasteiger partial charge in [-0.05, 0) is 6.42 Å². The van der Waals surface area contributed by atoms with Crippen molar-refractivity contribution in [3.05, 3.63) is 0 Å². The molecule has 1 unspecified atom stereocenters. The summed E-state index contributed by atoms with van der Waals surface area (Å²) in [4.78, 5) is 10.9. The number of amides is 1. The van der Waals surface area contributed by atoms with E-state index < -0.39 is 12.5 Å². The van der Waals surface area contributed by atoms with E-state index in [1.807, 2.05) is 6.92 Å². The Hall–Kier alpha value is -0.750. The molecule has 14 heavy (non-hydrogen) atoms. The number of carbonyl (C=O) groups is 1. The SMILES string of the molecule is CCCNC(=O)CNCC(O)C(F)F. The third-order valence-corrected chi connectivity index (χ3v) is 1.50. The summed E-state index contributed by atoms with van der Waals surface area (Å²) in [6.07, 6.45) is -3.67. The Morgan fingerprint density at radius 1 is 1.50 bits per heavy atom. The zero-order valence-electron chi connectivity index (χ0n) is 8.09. The molecule has 0 bridgehead atoms. The van der Waals surface area contributed by atoms with Crippen molar-refractivity contribution < 1.29 is 18.7 Å². The standard InChI is InChI=1S/C8H16F2N2O2/c1-2-3-12-7(14)5-11-4-6(13)8(9)10/h6,8,11,13H,2-5H2,1H3,(H,12,14). The van der Waals surface area contributed by atoms with Crippen molar-refractivity contribution in [3.63, 3.8) is 0 Å². The molecule has 1 atom stereocenters. The number of aliphatic hydroxyl groups is 1. The summed E-state index contributed by atoms with van der Waals surface area (Å²) in [5.41, 5.74) is 0. The van der Waals surface area contributed by atoms with E-state index in [1.54, 1.807) is 0 Å². The fraction of sp³-hybridized carbons (Fsp3) is 0.875. The number of rotatable bonds is 7. The van der Waals surface area contributed by atoms with Gasteiger partial charge < -0.3 is 15.7 Å². The smallest absolute Gasteiger partial charge is 0.265 e. The number of nitrogens with one attached hydrogen (secondary N) is 2. The maximum atomic E-state index is 11.8. The van der Waals surface area contributed by atoms with Gasteiger partial charge in [-0.25, -0.2) is 8.78 Å². The van der Waals surface area contributed by atoms with Crippen LogP contribution in [0.4, 0.5) is 8.78 Å². The van der Waals surface area contributed by atoms with Crippen molar-refractivity contribution in [1.82, 2.24) is 10.6 Å². The largest absolute Gasteiger partial charge is 0.386 e. The van der Waals surface area contributed by atoms with Crippen molar-refractivity contribution in [3.8, 4) is 0 Å². The highest BCUT2D eigenvalue weighted by Gasteiger charge is 2.15. The predicted octanol–water partition coefficient (Wildman–Crippen LogP) is -0.272. The highest BCUT2D eigenvalue weighted by atomic mass is 19.3. The first-order chi connectivity index (χ1) is 6.57. The first-order valence-corrected chi connectivity index (χ1v) is 4.51. The topological polar surface area (TPSA) is 61.4 Å². The van der Waals surface area contributed by atoms with Crippen molar-refractivity contribution in [1.29, 1.82) is 0 Å². The molecule has 0 saturated carbocycles. The summed E-state index contributed by atoms with van der Waals surface area (Å²) in [5, 5.41) is 13.7. The lowest BCUT2D eigenvalue weighted by Crippen LogP contribution is -2.39. The summed E-state index contributed by atoms with van der Waals surface area (Å²) in [6.45, 7) is 2.15. The maximum absolute atomic E-state index is 11.8. The number of alkyl halides is 2. The van der Waals surface area contributed by atoms with Crippen molar-refractivity contribution >= 4 is 5.91 Å². The van der Waals surface area contributed by atoms with Gasteiger partial charge in [0.15, 0.2) is 0 Å². The number of hydrogen-bond donors (Lipinski definition) is 3. The Morgan fingerprint density at radius 2 is 2.14 bits per heavy atom. The summed E-state index contributed by atoms with van der Waals surface area (Å²) in [5.74, 6) is -0.256. The first kappa shape index (κ1) is 13.2. The second-order valence-electron chi connectivity index (χ2n) is 2.88. The van der Waals surface area contributed by atoms with Gasteiger partial charge in [0, 0.05) is 13.1 Å². The van der Waals surface area contributed by atoms with E-state index in [4.69, 9.17) is 5.11 Å². The van der Waals surface area contributed by atoms with Crippen molar-refractivity contribution in [2.24, 2.45) is 0 Å². The van der Waals surface area contributed by atoms with Gasteiger partial charge >= 0.3 is 0 Å². The van der Waals surface area contributed by atoms with Gasteiger partial charge in [0.1, 0.15) is 6.10 Å². The minimum atomic E-state index is -2.78. The third-order valence-electron chi connectivity index (χ3n) is 1.50. The molecular weight excluding hydrogens is 194 g/mol. The van der Waals surface area contributed by atoms with E-state index >= 15 is 0 Å². The molecule has 1 amide bonds. The molecule has 0 spiro atoms. The van der Waals surface area contributed by atoms with Crippen LogP contribution in [0.1, 0.15) is 13.3 Å². The normalized spacial score (nSPS) is 12.9. The molecule has 0 aromatic carbocycles. The predicted molar refractivity (Wildman–Crippen MR) is 48.2 cm³/mol. The quantitative estimate of drug-likeness (QED) is 0.542. The molecule has 6 heteroatoms. The molecule has 0 fully saturated rings. The Labute approximate surface area is 81.7 Å². The van der Waals surface area contributed by atoms with Crippen LogP contribution in [-0.2, 0) is 4.79 Å². The first-order valence-electron chi connectivity index (χ1n) is 4.51. The van der Waals surface area contributed by atoms with Gasteiger partial charge in [-0.15, -0.1) is 0 Å². The lowest BCUT2D eigenvalue weighted by Gasteiger charge is -2.10. The fourth-order valence-corrected chi connectivity index (χ4v) is 0.750. The maximum Gasteiger partial charge on any atom is 0.265 e. The highest BCUT2D eigenvalue weighted by Crippen LogP contribution is 1.97. The Morgan fingerprint density at radius 3 is 2.64 bits per heavy atom. The highest BCUT2D eigenvalue weighted by molar-refractivity contribution is 5.77. The van der Waals surface area contributed by atoms with Crippen LogP contribution in [0.25, 0.3) is 0 Å². The average Bonchev–Trinajstić information content (AvgIpc) is 2.14. The van der Waals surface area contributed by atoms with E-state index in [0.29, 0.717) is 6.54 Å². The molecule has 0 aliphatic carbocycles. The zero-order valence-corrected chi connectivity index (χ0v) is 8.09. The molecule has 0 saturated heterocycles. The van der Waals surface area contributed by atoms with Crippen LogP contribution >= 0.6 is 0 Å². The van der Waals surface area contributed by atoms with E-state index in [9.17, 15) is 13.6 Å². The third kappa shape index (κ3) is 6.73. The van der Waals surface area contributed by atoms with Crippen LogP contribution in [0, 0.1) is 0 Å². The lowest BCUT2D eigenvalue weighted by molar-refractivity contribution is -0.120. The summed E-state index contributed by atoms with van der Waals surface area (Å²) < 4.78 is 23.5. The summed E-state index contributed by atoms with van der Waals surface area (Å²) in [7, 11) is 0. The number of aliphatic hydroxyl groups excluding tert-OH is 1. The number of hydrogen-bond acceptors (Lipinski definition) is 3. The molecular formula is C8H16F2N2O2. The molecule has 0 rings (SSSR count). The van der Waals surface area contributed by atoms with Crippen LogP contribution in [0.5, 0.6) is 0 Å². The molecule has 0 radical (unpaired) electrons. The second-order valence-corrected chi connectivity index (χ2v) is 2.88. The van der Waals surface area contributed by atoms with E-state index in [-0.39, 0.29) is 19.0 Å². The van der Waals surface area contributed by atoms with Crippen molar-refractivity contribution in [2.75, 3.05) is 19.6 Å². The van der Waals surface area contributed by atoms with Gasteiger partial charge in [-0.2, -0.15) is 0 Å². The summed E-state index contributed by atoms with van der Waals surface area (Å²) >= 11 is 0. The molecule has 84 valence electrons. The van der Waals surface area contributed by atoms with Crippen LogP contribution in [0.3, 0.4) is 0 Å². The molecule has 0 aliphatic rings. The zero-order chi connectivity index (χ0) is 11.0. The molecule has 0 aromatic heterocycles. The van der Waals surface area contributed by atoms with E-state index in [1.165, 1.54) is 0 Å². The second kappa shape index (κ2) is 7.64. The fourth-order valence-electron chi connectivity index (χ4n) is 0.750. The van der Waals surface area contributed by atoms with Gasteiger partial charge in [0.25, 0.3) is 6.43 Å². The Kier molecular flexibility index (Phi) is 7.23. The van der Waals surface area contributed by atoms with Gasteiger partial charge in [0.05, 0.1) is 6.54 Å². The minimum absolute atomic E-state index is 0.0518. The number of halogens is 2. The van der Waals surface area contributed by atoms with E-state index in [0.717, 1.165) is 6.42 Å². The minimum Gasteiger partial charge on any atom is -0.386 e. The number of carbonyl (C=O) groups excluding carboxylic acids is 1. The van der Waals surface area contributed by atoms with Gasteiger partial charge in [0.2, 0.25) is 5.91 Å². The van der Waals surface area contributed by atoms with Crippen molar-refractivity contribution in [2.45, 2.75) is 25.9 Å². The molecule has 0 aromatic rings. The summed E-state index contributed by atoms with van der Waals surface area (Å²) in [6, 6.07) is 0. The van der Waals surface area contributed by atoms with Gasteiger partial charge in [-0.3, -0.25) is 4.79 Å². The Bertz CT molecular complexity index is 167. The monoisotopic (exact) mass is 210 g/mol. The van der Waals surface area contributed by atoms with Crippen LogP contribution in [0.2, 0.25) is 0 Å². The molecule has 0 heterocycles. The van der Waals surface area contributed by atoms with E-state index in [2.05, 4.69) is 10.6 Å². The Balaban J connectivity index is 3.39. The molecule has 0 aliphatic heterocycles. The van der Waals surface area contributed by atoms with Crippen LogP contribution < -0.4 is 10.6 Å². The van der Waals surface area contributed by atoms with Crippen LogP contribution in [0.15, 0.2) is 0 Å². The molecule has 4 nitrogen and oxygen atoms in total. The lowest BCUT2D eigenvalue weighted by atomic mass is 10.3. The van der Waals surface area contributed by atoms with Gasteiger partial charge in [-0.1, -0.05) is 6.92 Å².